The molecule has 0 aromatic heterocycles. The Balaban J connectivity index is 1.69. The molecule has 1 amide bonds. The predicted molar refractivity (Wildman–Crippen MR) is 83.7 cm³/mol. The normalized spacial score (nSPS) is 17.6. The third-order valence-corrected chi connectivity index (χ3v) is 3.77. The first-order valence-electron chi connectivity index (χ1n) is 7.27. The SMILES string of the molecule is Cc1ccc(N2C[C@H](C(=O)Oc3ccccc3)CC2=O)cc1. The van der Waals surface area contributed by atoms with Gasteiger partial charge >= 0.3 is 5.97 Å². The number of hydrogen-bond acceptors (Lipinski definition) is 3. The quantitative estimate of drug-likeness (QED) is 0.646. The van der Waals surface area contributed by atoms with Crippen LogP contribution in [0.2, 0.25) is 0 Å². The minimum atomic E-state index is -0.422. The van der Waals surface area contributed by atoms with Gasteiger partial charge in [-0.05, 0) is 31.2 Å². The molecule has 0 bridgehead atoms. The van der Waals surface area contributed by atoms with Crippen molar-refractivity contribution in [3.05, 3.63) is 60.2 Å². The van der Waals surface area contributed by atoms with Crippen LogP contribution >= 0.6 is 0 Å². The van der Waals surface area contributed by atoms with Gasteiger partial charge in [-0.3, -0.25) is 9.59 Å². The highest BCUT2D eigenvalue weighted by Crippen LogP contribution is 2.26. The summed E-state index contributed by atoms with van der Waals surface area (Å²) in [6, 6.07) is 16.6. The summed E-state index contributed by atoms with van der Waals surface area (Å²) in [6.45, 7) is 2.36. The third-order valence-electron chi connectivity index (χ3n) is 3.77. The molecule has 1 heterocycles. The van der Waals surface area contributed by atoms with Crippen LogP contribution in [0, 0.1) is 12.8 Å². The number of ether oxygens (including phenoxy) is 1. The molecule has 3 rings (SSSR count). The van der Waals surface area contributed by atoms with Gasteiger partial charge in [0.15, 0.2) is 0 Å². The Labute approximate surface area is 129 Å². The van der Waals surface area contributed by atoms with Crippen molar-refractivity contribution in [2.75, 3.05) is 11.4 Å². The molecular weight excluding hydrogens is 278 g/mol. The van der Waals surface area contributed by atoms with Crippen LogP contribution < -0.4 is 9.64 Å². The van der Waals surface area contributed by atoms with Gasteiger partial charge in [-0.2, -0.15) is 0 Å². The minimum absolute atomic E-state index is 0.0427. The summed E-state index contributed by atoms with van der Waals surface area (Å²) in [5.74, 6) is -0.309. The number of carbonyl (C=O) groups is 2. The van der Waals surface area contributed by atoms with Crippen molar-refractivity contribution in [2.45, 2.75) is 13.3 Å². The highest BCUT2D eigenvalue weighted by molar-refractivity contribution is 5.99. The van der Waals surface area contributed by atoms with Crippen molar-refractivity contribution in [3.8, 4) is 5.75 Å². The summed E-state index contributed by atoms with van der Waals surface area (Å²) in [4.78, 5) is 26.0. The van der Waals surface area contributed by atoms with E-state index in [1.165, 1.54) is 0 Å². The van der Waals surface area contributed by atoms with Crippen molar-refractivity contribution in [1.82, 2.24) is 0 Å². The van der Waals surface area contributed by atoms with E-state index in [2.05, 4.69) is 0 Å². The molecule has 22 heavy (non-hydrogen) atoms. The van der Waals surface area contributed by atoms with E-state index in [9.17, 15) is 9.59 Å². The molecule has 2 aromatic carbocycles. The molecule has 0 radical (unpaired) electrons. The minimum Gasteiger partial charge on any atom is -0.426 e. The maximum absolute atomic E-state index is 12.2. The van der Waals surface area contributed by atoms with Crippen LogP contribution in [0.4, 0.5) is 5.69 Å². The monoisotopic (exact) mass is 295 g/mol. The first kappa shape index (κ1) is 14.3. The fourth-order valence-electron chi connectivity index (χ4n) is 2.53. The molecule has 2 aromatic rings. The number of amides is 1. The lowest BCUT2D eigenvalue weighted by molar-refractivity contribution is -0.139. The van der Waals surface area contributed by atoms with E-state index in [1.54, 1.807) is 29.2 Å². The molecule has 0 saturated carbocycles. The molecular formula is C18H17NO3. The predicted octanol–water partition coefficient (Wildman–Crippen LogP) is 2.95. The number of esters is 1. The van der Waals surface area contributed by atoms with Crippen molar-refractivity contribution in [2.24, 2.45) is 5.92 Å². The summed E-state index contributed by atoms with van der Waals surface area (Å²) in [7, 11) is 0. The van der Waals surface area contributed by atoms with Gasteiger partial charge in [-0.15, -0.1) is 0 Å². The molecule has 112 valence electrons. The van der Waals surface area contributed by atoms with Gasteiger partial charge in [0.2, 0.25) is 5.91 Å². The Hall–Kier alpha value is -2.62. The smallest absolute Gasteiger partial charge is 0.316 e. The average Bonchev–Trinajstić information content (AvgIpc) is 2.91. The number of para-hydroxylation sites is 1. The summed E-state index contributed by atoms with van der Waals surface area (Å²) in [5, 5.41) is 0. The van der Waals surface area contributed by atoms with Gasteiger partial charge in [0.25, 0.3) is 0 Å². The fraction of sp³-hybridized carbons (Fsp3) is 0.222. The molecule has 4 heteroatoms. The van der Waals surface area contributed by atoms with Crippen molar-refractivity contribution < 1.29 is 14.3 Å². The molecule has 4 nitrogen and oxygen atoms in total. The molecule has 0 unspecified atom stereocenters. The highest BCUT2D eigenvalue weighted by atomic mass is 16.5. The summed E-state index contributed by atoms with van der Waals surface area (Å²) in [6.07, 6.45) is 0.194. The van der Waals surface area contributed by atoms with E-state index in [1.807, 2.05) is 37.3 Å². The lowest BCUT2D eigenvalue weighted by Gasteiger charge is -2.16. The number of hydrogen-bond donors (Lipinski definition) is 0. The van der Waals surface area contributed by atoms with Crippen LogP contribution in [0.25, 0.3) is 0 Å². The van der Waals surface area contributed by atoms with Crippen molar-refractivity contribution >= 4 is 17.6 Å². The van der Waals surface area contributed by atoms with E-state index < -0.39 is 5.92 Å². The van der Waals surface area contributed by atoms with Crippen LogP contribution in [0.5, 0.6) is 5.75 Å². The Morgan fingerprint density at radius 1 is 1.09 bits per heavy atom. The largest absolute Gasteiger partial charge is 0.426 e. The first-order chi connectivity index (χ1) is 10.6. The second-order valence-electron chi connectivity index (χ2n) is 5.48. The van der Waals surface area contributed by atoms with Crippen molar-refractivity contribution in [3.63, 3.8) is 0 Å². The topological polar surface area (TPSA) is 46.6 Å². The number of aryl methyl sites for hydroxylation is 1. The van der Waals surface area contributed by atoms with Gasteiger partial charge in [-0.1, -0.05) is 35.9 Å². The number of anilines is 1. The number of benzene rings is 2. The van der Waals surface area contributed by atoms with Crippen molar-refractivity contribution in [1.29, 1.82) is 0 Å². The molecule has 0 aliphatic carbocycles. The average molecular weight is 295 g/mol. The zero-order chi connectivity index (χ0) is 15.5. The number of carbonyl (C=O) groups excluding carboxylic acids is 2. The van der Waals surface area contributed by atoms with Crippen LogP contribution in [0.1, 0.15) is 12.0 Å². The fourth-order valence-corrected chi connectivity index (χ4v) is 2.53. The molecule has 1 aliphatic heterocycles. The Kier molecular flexibility index (Phi) is 3.92. The third kappa shape index (κ3) is 3.01. The molecule has 1 fully saturated rings. The lowest BCUT2D eigenvalue weighted by atomic mass is 10.1. The maximum Gasteiger partial charge on any atom is 0.316 e. The standard InChI is InChI=1S/C18H17NO3/c1-13-7-9-15(10-8-13)19-12-14(11-17(19)20)18(21)22-16-5-3-2-4-6-16/h2-10,14H,11-12H2,1H3/t14-/m1/s1. The van der Waals surface area contributed by atoms with Gasteiger partial charge in [0, 0.05) is 18.7 Å². The summed E-state index contributed by atoms with van der Waals surface area (Å²) < 4.78 is 5.33. The van der Waals surface area contributed by atoms with E-state index >= 15 is 0 Å². The molecule has 0 spiro atoms. The highest BCUT2D eigenvalue weighted by Gasteiger charge is 2.36. The van der Waals surface area contributed by atoms with E-state index in [-0.39, 0.29) is 18.3 Å². The van der Waals surface area contributed by atoms with Gasteiger partial charge in [0.1, 0.15) is 5.75 Å². The van der Waals surface area contributed by atoms with Gasteiger partial charge in [-0.25, -0.2) is 0 Å². The van der Waals surface area contributed by atoms with Crippen LogP contribution in [0.3, 0.4) is 0 Å². The molecule has 1 aliphatic rings. The molecule has 1 atom stereocenters. The second-order valence-corrected chi connectivity index (χ2v) is 5.48. The first-order valence-corrected chi connectivity index (χ1v) is 7.27. The van der Waals surface area contributed by atoms with Crippen LogP contribution in [-0.2, 0) is 9.59 Å². The molecule has 1 saturated heterocycles. The lowest BCUT2D eigenvalue weighted by Crippen LogP contribution is -2.27. The van der Waals surface area contributed by atoms with E-state index in [0.29, 0.717) is 12.3 Å². The number of rotatable bonds is 3. The molecule has 0 N–H and O–H groups in total. The van der Waals surface area contributed by atoms with Crippen LogP contribution in [-0.4, -0.2) is 18.4 Å². The Morgan fingerprint density at radius 3 is 2.45 bits per heavy atom. The summed E-state index contributed by atoms with van der Waals surface area (Å²) >= 11 is 0. The number of nitrogens with zero attached hydrogens (tertiary/aromatic N) is 1. The Bertz CT molecular complexity index is 679. The zero-order valence-corrected chi connectivity index (χ0v) is 12.4. The summed E-state index contributed by atoms with van der Waals surface area (Å²) in [5.41, 5.74) is 1.96. The van der Waals surface area contributed by atoms with Crippen LogP contribution in [0.15, 0.2) is 54.6 Å². The van der Waals surface area contributed by atoms with Gasteiger partial charge in [0.05, 0.1) is 5.92 Å². The maximum atomic E-state index is 12.2. The second kappa shape index (κ2) is 6.02. The van der Waals surface area contributed by atoms with E-state index in [0.717, 1.165) is 11.3 Å². The zero-order valence-electron chi connectivity index (χ0n) is 12.4. The van der Waals surface area contributed by atoms with E-state index in [4.69, 9.17) is 4.74 Å². The van der Waals surface area contributed by atoms with Gasteiger partial charge < -0.3 is 9.64 Å². The Morgan fingerprint density at radius 2 is 1.77 bits per heavy atom.